The molecule has 1 heterocycles. The average Bonchev–Trinajstić information content (AvgIpc) is 2.78. The van der Waals surface area contributed by atoms with Crippen LogP contribution in [0.25, 0.3) is 0 Å². The normalized spacial score (nSPS) is 15.0. The van der Waals surface area contributed by atoms with Crippen LogP contribution in [0.1, 0.15) is 5.56 Å². The molecule has 6 heteroatoms. The number of rotatable bonds is 5. The third kappa shape index (κ3) is 4.33. The molecular formula is C15H20Cl2N2OSi. The standard InChI is InChI=1S/C15H20Cl2N2OSi/c1-21(2,3)10-15(20,9-19-7-6-18-11-19)13-5-4-12(16)8-14(13)17/h4-8,11,20H,9-10H2,1-3H3. The Morgan fingerprint density at radius 2 is 2.00 bits per heavy atom. The number of hydrogen-bond donors (Lipinski definition) is 1. The second-order valence-corrected chi connectivity index (χ2v) is 12.9. The third-order valence-electron chi connectivity index (χ3n) is 3.26. The maximum atomic E-state index is 11.3. The summed E-state index contributed by atoms with van der Waals surface area (Å²) in [6.45, 7) is 7.12. The van der Waals surface area contributed by atoms with Gasteiger partial charge in [-0.05, 0) is 18.2 Å². The van der Waals surface area contributed by atoms with Crippen molar-refractivity contribution in [2.45, 2.75) is 37.8 Å². The molecule has 0 fully saturated rings. The van der Waals surface area contributed by atoms with Gasteiger partial charge in [0.2, 0.25) is 0 Å². The highest BCUT2D eigenvalue weighted by atomic mass is 35.5. The second kappa shape index (κ2) is 6.13. The van der Waals surface area contributed by atoms with E-state index in [2.05, 4.69) is 24.6 Å². The summed E-state index contributed by atoms with van der Waals surface area (Å²) in [6, 6.07) is 5.98. The molecule has 0 bridgehead atoms. The molecule has 2 rings (SSSR count). The van der Waals surface area contributed by atoms with Crippen LogP contribution < -0.4 is 0 Å². The number of benzene rings is 1. The quantitative estimate of drug-likeness (QED) is 0.817. The third-order valence-corrected chi connectivity index (χ3v) is 5.45. The smallest absolute Gasteiger partial charge is 0.107 e. The SMILES string of the molecule is C[Si](C)(C)CC(O)(Cn1ccnc1)c1ccc(Cl)cc1Cl. The van der Waals surface area contributed by atoms with Gasteiger partial charge in [-0.25, -0.2) is 4.98 Å². The maximum Gasteiger partial charge on any atom is 0.107 e. The first kappa shape index (κ1) is 16.6. The van der Waals surface area contributed by atoms with Crippen molar-refractivity contribution in [2.75, 3.05) is 0 Å². The monoisotopic (exact) mass is 342 g/mol. The van der Waals surface area contributed by atoms with Gasteiger partial charge in [0.05, 0.1) is 12.9 Å². The van der Waals surface area contributed by atoms with Crippen molar-refractivity contribution in [3.8, 4) is 0 Å². The van der Waals surface area contributed by atoms with Crippen molar-refractivity contribution in [3.05, 3.63) is 52.5 Å². The van der Waals surface area contributed by atoms with Gasteiger partial charge >= 0.3 is 0 Å². The Bertz CT molecular complexity index is 611. The summed E-state index contributed by atoms with van der Waals surface area (Å²) in [6.07, 6.45) is 5.26. The summed E-state index contributed by atoms with van der Waals surface area (Å²) >= 11 is 12.3. The van der Waals surface area contributed by atoms with E-state index in [4.69, 9.17) is 23.2 Å². The van der Waals surface area contributed by atoms with Gasteiger partial charge in [-0.15, -0.1) is 0 Å². The van der Waals surface area contributed by atoms with E-state index in [-0.39, 0.29) is 0 Å². The fourth-order valence-electron chi connectivity index (χ4n) is 2.66. The van der Waals surface area contributed by atoms with Crippen LogP contribution >= 0.6 is 23.2 Å². The van der Waals surface area contributed by atoms with E-state index >= 15 is 0 Å². The molecule has 3 nitrogen and oxygen atoms in total. The van der Waals surface area contributed by atoms with Gasteiger partial charge in [0.15, 0.2) is 0 Å². The van der Waals surface area contributed by atoms with Crippen molar-refractivity contribution in [1.29, 1.82) is 0 Å². The second-order valence-electron chi connectivity index (χ2n) is 6.63. The molecule has 1 N–H and O–H groups in total. The number of imidazole rings is 1. The van der Waals surface area contributed by atoms with Gasteiger partial charge in [-0.3, -0.25) is 0 Å². The highest BCUT2D eigenvalue weighted by Gasteiger charge is 2.36. The lowest BCUT2D eigenvalue weighted by atomic mass is 9.95. The minimum absolute atomic E-state index is 0.429. The zero-order chi connectivity index (χ0) is 15.7. The molecule has 0 radical (unpaired) electrons. The summed E-state index contributed by atoms with van der Waals surface area (Å²) in [5.74, 6) is 0. The van der Waals surface area contributed by atoms with Crippen molar-refractivity contribution in [1.82, 2.24) is 9.55 Å². The fourth-order valence-corrected chi connectivity index (χ4v) is 5.30. The van der Waals surface area contributed by atoms with Gasteiger partial charge in [0.25, 0.3) is 0 Å². The molecule has 1 atom stereocenters. The summed E-state index contributed by atoms with van der Waals surface area (Å²) in [7, 11) is -1.52. The topological polar surface area (TPSA) is 38.0 Å². The summed E-state index contributed by atoms with van der Waals surface area (Å²) in [5.41, 5.74) is -0.294. The zero-order valence-corrected chi connectivity index (χ0v) is 15.0. The van der Waals surface area contributed by atoms with Crippen LogP contribution in [0, 0.1) is 0 Å². The van der Waals surface area contributed by atoms with Gasteiger partial charge in [0, 0.05) is 36.1 Å². The minimum atomic E-state index is -1.52. The van der Waals surface area contributed by atoms with E-state index in [1.54, 1.807) is 24.7 Å². The molecule has 0 saturated carbocycles. The van der Waals surface area contributed by atoms with Gasteiger partial charge in [-0.2, -0.15) is 0 Å². The molecule has 0 amide bonds. The number of halogens is 2. The summed E-state index contributed by atoms with van der Waals surface area (Å²) in [5, 5.41) is 12.4. The highest BCUT2D eigenvalue weighted by Crippen LogP contribution is 2.37. The van der Waals surface area contributed by atoms with Gasteiger partial charge in [-0.1, -0.05) is 48.9 Å². The predicted molar refractivity (Wildman–Crippen MR) is 90.7 cm³/mol. The van der Waals surface area contributed by atoms with Crippen LogP contribution in [0.3, 0.4) is 0 Å². The summed E-state index contributed by atoms with van der Waals surface area (Å²) in [4.78, 5) is 4.04. The Labute approximate surface area is 136 Å². The highest BCUT2D eigenvalue weighted by molar-refractivity contribution is 6.76. The van der Waals surface area contributed by atoms with Gasteiger partial charge in [0.1, 0.15) is 5.60 Å². The lowest BCUT2D eigenvalue weighted by Gasteiger charge is -2.35. The Balaban J connectivity index is 2.44. The molecule has 21 heavy (non-hydrogen) atoms. The van der Waals surface area contributed by atoms with Crippen LogP contribution in [0.2, 0.25) is 35.7 Å². The molecule has 1 aromatic carbocycles. The van der Waals surface area contributed by atoms with Crippen molar-refractivity contribution in [3.63, 3.8) is 0 Å². The number of hydrogen-bond acceptors (Lipinski definition) is 2. The minimum Gasteiger partial charge on any atom is -0.384 e. The molecule has 1 aromatic heterocycles. The largest absolute Gasteiger partial charge is 0.384 e. The van der Waals surface area contributed by atoms with Crippen LogP contribution in [-0.4, -0.2) is 22.7 Å². The maximum absolute atomic E-state index is 11.3. The molecular weight excluding hydrogens is 323 g/mol. The number of aliphatic hydroxyl groups is 1. The molecule has 0 aliphatic heterocycles. The van der Waals surface area contributed by atoms with E-state index < -0.39 is 13.7 Å². The first-order valence-electron chi connectivity index (χ1n) is 6.83. The van der Waals surface area contributed by atoms with Crippen LogP contribution in [0.15, 0.2) is 36.9 Å². The Morgan fingerprint density at radius 1 is 1.29 bits per heavy atom. The number of aromatic nitrogens is 2. The van der Waals surface area contributed by atoms with Crippen molar-refractivity contribution in [2.24, 2.45) is 0 Å². The van der Waals surface area contributed by atoms with Gasteiger partial charge < -0.3 is 9.67 Å². The Kier molecular flexibility index (Phi) is 4.83. The van der Waals surface area contributed by atoms with E-state index in [9.17, 15) is 5.11 Å². The van der Waals surface area contributed by atoms with Crippen LogP contribution in [-0.2, 0) is 12.1 Å². The predicted octanol–water partition coefficient (Wildman–Crippen LogP) is 4.42. The molecule has 114 valence electrons. The lowest BCUT2D eigenvalue weighted by Crippen LogP contribution is -2.39. The molecule has 0 spiro atoms. The first-order chi connectivity index (χ1) is 9.70. The van der Waals surface area contributed by atoms with E-state index in [0.29, 0.717) is 22.6 Å². The molecule has 0 aliphatic rings. The zero-order valence-electron chi connectivity index (χ0n) is 12.5. The van der Waals surface area contributed by atoms with Crippen molar-refractivity contribution >= 4 is 31.3 Å². The lowest BCUT2D eigenvalue weighted by molar-refractivity contribution is 0.0370. The van der Waals surface area contributed by atoms with Crippen LogP contribution in [0.5, 0.6) is 0 Å². The first-order valence-corrected chi connectivity index (χ1v) is 11.3. The molecule has 0 saturated heterocycles. The van der Waals surface area contributed by atoms with E-state index in [1.807, 2.05) is 16.8 Å². The Morgan fingerprint density at radius 3 is 2.52 bits per heavy atom. The van der Waals surface area contributed by atoms with Crippen LogP contribution in [0.4, 0.5) is 0 Å². The molecule has 2 aromatic rings. The van der Waals surface area contributed by atoms with E-state index in [0.717, 1.165) is 5.56 Å². The molecule has 0 aliphatic carbocycles. The summed E-state index contributed by atoms with van der Waals surface area (Å²) < 4.78 is 1.88. The molecule has 1 unspecified atom stereocenters. The average molecular weight is 343 g/mol. The Hall–Kier alpha value is -0.813. The van der Waals surface area contributed by atoms with Crippen molar-refractivity contribution < 1.29 is 5.11 Å². The fraction of sp³-hybridized carbons (Fsp3) is 0.400. The van der Waals surface area contributed by atoms with E-state index in [1.165, 1.54) is 0 Å². The number of nitrogens with zero attached hydrogens (tertiary/aromatic N) is 2.